The Morgan fingerprint density at radius 1 is 1.03 bits per heavy atom. The van der Waals surface area contributed by atoms with Crippen LogP contribution in [-0.2, 0) is 14.3 Å². The average Bonchev–Trinajstić information content (AvgIpc) is 3.20. The minimum absolute atomic E-state index is 0.0173. The third-order valence-corrected chi connectivity index (χ3v) is 7.78. The lowest BCUT2D eigenvalue weighted by molar-refractivity contribution is -0.154. The summed E-state index contributed by atoms with van der Waals surface area (Å²) < 4.78 is 5.63. The van der Waals surface area contributed by atoms with Crippen LogP contribution in [0.4, 0.5) is 4.79 Å². The lowest BCUT2D eigenvalue weighted by Gasteiger charge is -2.38. The molecule has 1 aliphatic heterocycles. The van der Waals surface area contributed by atoms with Crippen molar-refractivity contribution in [3.8, 4) is 11.1 Å². The van der Waals surface area contributed by atoms with Crippen molar-refractivity contribution in [2.24, 2.45) is 5.41 Å². The van der Waals surface area contributed by atoms with Crippen LogP contribution in [0.15, 0.2) is 48.5 Å². The molecular formula is C28H34N2O5. The molecule has 186 valence electrons. The first-order valence-electron chi connectivity index (χ1n) is 12.5. The molecule has 1 atom stereocenters. The van der Waals surface area contributed by atoms with E-state index in [4.69, 9.17) is 4.74 Å². The molecule has 0 spiro atoms. The standard InChI is InChI=1S/C28H34N2O5/c1-3-19(17-25(31)30-15-13-28(4-2,14-16-30)26(32)33)29-27(34)35-18-24-22-11-7-5-9-20(22)21-10-6-8-12-23(21)24/h5-12,19,24H,3-4,13-18H2,1-2H3,(H,29,34)(H,32,33). The number of fused-ring (bicyclic) bond motifs is 3. The second-order valence-corrected chi connectivity index (χ2v) is 9.60. The van der Waals surface area contributed by atoms with E-state index in [1.165, 1.54) is 11.1 Å². The zero-order valence-electron chi connectivity index (χ0n) is 20.5. The van der Waals surface area contributed by atoms with Crippen molar-refractivity contribution in [1.29, 1.82) is 0 Å². The maximum absolute atomic E-state index is 12.8. The minimum atomic E-state index is -0.782. The number of amides is 2. The number of hydrogen-bond donors (Lipinski definition) is 2. The number of alkyl carbamates (subject to hydrolysis) is 1. The Balaban J connectivity index is 1.30. The van der Waals surface area contributed by atoms with Gasteiger partial charge in [0.15, 0.2) is 0 Å². The molecule has 1 unspecified atom stereocenters. The normalized spacial score (nSPS) is 17.3. The summed E-state index contributed by atoms with van der Waals surface area (Å²) in [6.07, 6.45) is 1.72. The average molecular weight is 479 g/mol. The first kappa shape index (κ1) is 24.8. The van der Waals surface area contributed by atoms with Crippen LogP contribution < -0.4 is 5.32 Å². The molecule has 2 aromatic rings. The van der Waals surface area contributed by atoms with Gasteiger partial charge in [-0.2, -0.15) is 0 Å². The van der Waals surface area contributed by atoms with Gasteiger partial charge in [0.05, 0.1) is 5.41 Å². The highest BCUT2D eigenvalue weighted by molar-refractivity contribution is 5.80. The van der Waals surface area contributed by atoms with E-state index in [1.807, 2.05) is 38.1 Å². The molecule has 2 aromatic carbocycles. The number of nitrogens with one attached hydrogen (secondary N) is 1. The van der Waals surface area contributed by atoms with Crippen LogP contribution in [0.5, 0.6) is 0 Å². The van der Waals surface area contributed by atoms with Gasteiger partial charge in [0.25, 0.3) is 0 Å². The molecule has 1 heterocycles. The Morgan fingerprint density at radius 3 is 2.11 bits per heavy atom. The number of carboxylic acid groups (broad SMARTS) is 1. The van der Waals surface area contributed by atoms with E-state index < -0.39 is 17.5 Å². The SMILES string of the molecule is CCC(CC(=O)N1CCC(CC)(C(=O)O)CC1)NC(=O)OCC1c2ccccc2-c2ccccc21. The van der Waals surface area contributed by atoms with Gasteiger partial charge >= 0.3 is 12.1 Å². The molecule has 1 fully saturated rings. The zero-order valence-corrected chi connectivity index (χ0v) is 20.5. The van der Waals surface area contributed by atoms with Crippen molar-refractivity contribution in [3.05, 3.63) is 59.7 Å². The second kappa shape index (κ2) is 10.5. The number of aliphatic carboxylic acids is 1. The molecule has 0 aromatic heterocycles. The quantitative estimate of drug-likeness (QED) is 0.568. The summed E-state index contributed by atoms with van der Waals surface area (Å²) >= 11 is 0. The Morgan fingerprint density at radius 2 is 1.60 bits per heavy atom. The van der Waals surface area contributed by atoms with Gasteiger partial charge in [-0.05, 0) is 47.9 Å². The predicted octanol–water partition coefficient (Wildman–Crippen LogP) is 4.80. The summed E-state index contributed by atoms with van der Waals surface area (Å²) in [6.45, 7) is 4.90. The van der Waals surface area contributed by atoms with E-state index in [9.17, 15) is 19.5 Å². The Bertz CT molecular complexity index is 1040. The first-order chi connectivity index (χ1) is 16.9. The number of carbonyl (C=O) groups excluding carboxylic acids is 2. The molecule has 2 N–H and O–H groups in total. The smallest absolute Gasteiger partial charge is 0.407 e. The molecule has 7 heteroatoms. The van der Waals surface area contributed by atoms with Crippen LogP contribution in [0.2, 0.25) is 0 Å². The van der Waals surface area contributed by atoms with Crippen LogP contribution in [-0.4, -0.2) is 53.7 Å². The number of nitrogens with zero attached hydrogens (tertiary/aromatic N) is 1. The number of carboxylic acids is 1. The maximum atomic E-state index is 12.8. The lowest BCUT2D eigenvalue weighted by Crippen LogP contribution is -2.48. The molecule has 0 saturated carbocycles. The van der Waals surface area contributed by atoms with E-state index >= 15 is 0 Å². The van der Waals surface area contributed by atoms with E-state index in [2.05, 4.69) is 29.6 Å². The molecule has 0 bridgehead atoms. The maximum Gasteiger partial charge on any atom is 0.407 e. The molecule has 1 aliphatic carbocycles. The largest absolute Gasteiger partial charge is 0.481 e. The van der Waals surface area contributed by atoms with Gasteiger partial charge in [-0.15, -0.1) is 0 Å². The molecule has 7 nitrogen and oxygen atoms in total. The molecule has 0 radical (unpaired) electrons. The number of carbonyl (C=O) groups is 3. The van der Waals surface area contributed by atoms with Gasteiger partial charge in [0.1, 0.15) is 6.61 Å². The summed E-state index contributed by atoms with van der Waals surface area (Å²) in [5, 5.41) is 12.4. The third kappa shape index (κ3) is 5.04. The van der Waals surface area contributed by atoms with Gasteiger partial charge in [-0.1, -0.05) is 62.4 Å². The molecule has 2 amide bonds. The van der Waals surface area contributed by atoms with Crippen LogP contribution in [0.25, 0.3) is 11.1 Å². The summed E-state index contributed by atoms with van der Waals surface area (Å²) in [5.41, 5.74) is 3.91. The zero-order chi connectivity index (χ0) is 25.0. The summed E-state index contributed by atoms with van der Waals surface area (Å²) in [4.78, 5) is 38.9. The van der Waals surface area contributed by atoms with Gasteiger partial charge in [-0.25, -0.2) is 4.79 Å². The highest BCUT2D eigenvalue weighted by atomic mass is 16.5. The van der Waals surface area contributed by atoms with Crippen molar-refractivity contribution in [2.75, 3.05) is 19.7 Å². The van der Waals surface area contributed by atoms with Crippen LogP contribution >= 0.6 is 0 Å². The predicted molar refractivity (Wildman–Crippen MR) is 133 cm³/mol. The fourth-order valence-electron chi connectivity index (χ4n) is 5.35. The number of benzene rings is 2. The van der Waals surface area contributed by atoms with Gasteiger partial charge < -0.3 is 20.1 Å². The van der Waals surface area contributed by atoms with E-state index in [-0.39, 0.29) is 30.9 Å². The lowest BCUT2D eigenvalue weighted by atomic mass is 9.76. The highest BCUT2D eigenvalue weighted by Gasteiger charge is 2.41. The summed E-state index contributed by atoms with van der Waals surface area (Å²) in [6, 6.07) is 16.0. The number of ether oxygens (including phenoxy) is 1. The third-order valence-electron chi connectivity index (χ3n) is 7.78. The topological polar surface area (TPSA) is 95.9 Å². The van der Waals surface area contributed by atoms with Crippen LogP contribution in [0.3, 0.4) is 0 Å². The number of piperidine rings is 1. The van der Waals surface area contributed by atoms with Gasteiger partial charge in [0.2, 0.25) is 5.91 Å². The first-order valence-corrected chi connectivity index (χ1v) is 12.5. The summed E-state index contributed by atoms with van der Waals surface area (Å²) in [5.74, 6) is -0.863. The molecule has 35 heavy (non-hydrogen) atoms. The Kier molecular flexibility index (Phi) is 7.43. The van der Waals surface area contributed by atoms with Gasteiger partial charge in [0, 0.05) is 31.5 Å². The molecule has 2 aliphatic rings. The summed E-state index contributed by atoms with van der Waals surface area (Å²) in [7, 11) is 0. The van der Waals surface area contributed by atoms with Crippen molar-refractivity contribution < 1.29 is 24.2 Å². The van der Waals surface area contributed by atoms with Crippen LogP contribution in [0, 0.1) is 5.41 Å². The van der Waals surface area contributed by atoms with Crippen molar-refractivity contribution in [2.45, 2.75) is 57.9 Å². The second-order valence-electron chi connectivity index (χ2n) is 9.60. The highest BCUT2D eigenvalue weighted by Crippen LogP contribution is 2.44. The number of likely N-dealkylation sites (tertiary alicyclic amines) is 1. The molecule has 1 saturated heterocycles. The van der Waals surface area contributed by atoms with E-state index in [1.54, 1.807) is 4.90 Å². The van der Waals surface area contributed by atoms with Gasteiger partial charge in [-0.3, -0.25) is 9.59 Å². The van der Waals surface area contributed by atoms with Crippen LogP contribution in [0.1, 0.15) is 63.0 Å². The van der Waals surface area contributed by atoms with Crippen molar-refractivity contribution in [3.63, 3.8) is 0 Å². The van der Waals surface area contributed by atoms with Crippen molar-refractivity contribution in [1.82, 2.24) is 10.2 Å². The fraction of sp³-hybridized carbons (Fsp3) is 0.464. The molecule has 4 rings (SSSR count). The minimum Gasteiger partial charge on any atom is -0.481 e. The Labute approximate surface area is 206 Å². The van der Waals surface area contributed by atoms with E-state index in [0.29, 0.717) is 38.8 Å². The van der Waals surface area contributed by atoms with Crippen molar-refractivity contribution >= 4 is 18.0 Å². The fourth-order valence-corrected chi connectivity index (χ4v) is 5.35. The monoisotopic (exact) mass is 478 g/mol. The van der Waals surface area contributed by atoms with E-state index in [0.717, 1.165) is 11.1 Å². The Hall–Kier alpha value is -3.35. The molecular weight excluding hydrogens is 444 g/mol. The number of rotatable bonds is 8. The number of hydrogen-bond acceptors (Lipinski definition) is 4.